The molecule has 2 aromatic rings. The van der Waals surface area contributed by atoms with Crippen LogP contribution in [0.4, 0.5) is 5.69 Å². The molecule has 1 saturated heterocycles. The van der Waals surface area contributed by atoms with E-state index in [1.807, 2.05) is 24.3 Å². The first-order valence-electron chi connectivity index (χ1n) is 9.49. The second-order valence-corrected chi connectivity index (χ2v) is 9.06. The van der Waals surface area contributed by atoms with Gasteiger partial charge in [0.15, 0.2) is 5.17 Å². The Morgan fingerprint density at radius 2 is 1.82 bits per heavy atom. The van der Waals surface area contributed by atoms with Gasteiger partial charge in [-0.15, -0.1) is 0 Å². The molecule has 5 heteroatoms. The lowest BCUT2D eigenvalue weighted by atomic mass is 10.0. The molecular formula is C23H25ClN2OS. The summed E-state index contributed by atoms with van der Waals surface area (Å²) in [6.07, 6.45) is 1.95. The fourth-order valence-corrected chi connectivity index (χ4v) is 4.09. The molecule has 1 aliphatic rings. The number of hydrogen-bond donors (Lipinski definition) is 0. The lowest BCUT2D eigenvalue weighted by Crippen LogP contribution is -2.32. The molecule has 0 radical (unpaired) electrons. The predicted molar refractivity (Wildman–Crippen MR) is 121 cm³/mol. The van der Waals surface area contributed by atoms with Crippen molar-refractivity contribution >= 4 is 46.2 Å². The summed E-state index contributed by atoms with van der Waals surface area (Å²) < 4.78 is 0. The molecule has 0 spiro atoms. The Morgan fingerprint density at radius 1 is 1.11 bits per heavy atom. The average molecular weight is 413 g/mol. The van der Waals surface area contributed by atoms with E-state index in [0.29, 0.717) is 33.5 Å². The van der Waals surface area contributed by atoms with Gasteiger partial charge >= 0.3 is 0 Å². The van der Waals surface area contributed by atoms with E-state index in [1.165, 1.54) is 17.3 Å². The van der Waals surface area contributed by atoms with Gasteiger partial charge in [-0.05, 0) is 59.0 Å². The standard InChI is InChI=1S/C23H25ClN2OS/c1-15(2)14-26-22(27)21(12-17-8-10-18(11-9-17)16(3)4)28-23(26)25-20-7-5-6-19(24)13-20/h5-13,15-16H,14H2,1-4H3/b21-12+,25-23?. The number of aliphatic imine (C=N–C) groups is 1. The largest absolute Gasteiger partial charge is 0.286 e. The summed E-state index contributed by atoms with van der Waals surface area (Å²) in [6.45, 7) is 9.18. The van der Waals surface area contributed by atoms with E-state index in [9.17, 15) is 4.79 Å². The van der Waals surface area contributed by atoms with E-state index in [0.717, 1.165) is 11.3 Å². The number of halogens is 1. The molecule has 0 N–H and O–H groups in total. The molecule has 3 nitrogen and oxygen atoms in total. The van der Waals surface area contributed by atoms with Crippen molar-refractivity contribution in [3.05, 3.63) is 69.6 Å². The predicted octanol–water partition coefficient (Wildman–Crippen LogP) is 6.72. The van der Waals surface area contributed by atoms with Crippen LogP contribution >= 0.6 is 23.4 Å². The van der Waals surface area contributed by atoms with Crippen LogP contribution in [0.15, 0.2) is 58.4 Å². The normalized spacial score (nSPS) is 17.5. The van der Waals surface area contributed by atoms with Gasteiger partial charge in [-0.3, -0.25) is 9.69 Å². The SMILES string of the molecule is CC(C)CN1C(=O)/C(=C\c2ccc(C(C)C)cc2)SC1=Nc1cccc(Cl)c1. The minimum atomic E-state index is 0.00686. The first-order chi connectivity index (χ1) is 13.3. The smallest absolute Gasteiger partial charge is 0.266 e. The minimum Gasteiger partial charge on any atom is -0.286 e. The maximum atomic E-state index is 13.0. The molecule has 28 heavy (non-hydrogen) atoms. The maximum absolute atomic E-state index is 13.0. The van der Waals surface area contributed by atoms with Gasteiger partial charge in [0.25, 0.3) is 5.91 Å². The fourth-order valence-electron chi connectivity index (χ4n) is 2.90. The number of amidine groups is 1. The Hall–Kier alpha value is -2.04. The number of benzene rings is 2. The molecule has 0 atom stereocenters. The van der Waals surface area contributed by atoms with Gasteiger partial charge in [0.2, 0.25) is 0 Å². The highest BCUT2D eigenvalue weighted by molar-refractivity contribution is 8.18. The number of nitrogens with zero attached hydrogens (tertiary/aromatic N) is 2. The summed E-state index contributed by atoms with van der Waals surface area (Å²) in [7, 11) is 0. The molecule has 0 bridgehead atoms. The van der Waals surface area contributed by atoms with Crippen LogP contribution in [0.2, 0.25) is 5.02 Å². The molecule has 2 aromatic carbocycles. The third-order valence-electron chi connectivity index (χ3n) is 4.37. The van der Waals surface area contributed by atoms with E-state index in [4.69, 9.17) is 16.6 Å². The molecule has 1 fully saturated rings. The number of hydrogen-bond acceptors (Lipinski definition) is 3. The van der Waals surface area contributed by atoms with Crippen LogP contribution in [-0.4, -0.2) is 22.5 Å². The zero-order chi connectivity index (χ0) is 20.3. The summed E-state index contributed by atoms with van der Waals surface area (Å²) >= 11 is 7.50. The maximum Gasteiger partial charge on any atom is 0.266 e. The number of amides is 1. The van der Waals surface area contributed by atoms with Crippen LogP contribution in [0.3, 0.4) is 0 Å². The van der Waals surface area contributed by atoms with Crippen molar-refractivity contribution in [2.75, 3.05) is 6.54 Å². The topological polar surface area (TPSA) is 32.7 Å². The molecule has 0 aromatic heterocycles. The van der Waals surface area contributed by atoms with Gasteiger partial charge < -0.3 is 0 Å². The Bertz CT molecular complexity index is 916. The molecule has 0 saturated carbocycles. The second kappa shape index (κ2) is 8.97. The zero-order valence-corrected chi connectivity index (χ0v) is 18.2. The number of rotatable bonds is 5. The third kappa shape index (κ3) is 5.06. The first-order valence-corrected chi connectivity index (χ1v) is 10.7. The fraction of sp³-hybridized carbons (Fsp3) is 0.304. The Labute approximate surface area is 176 Å². The quantitative estimate of drug-likeness (QED) is 0.510. The van der Waals surface area contributed by atoms with Gasteiger partial charge in [0.05, 0.1) is 10.6 Å². The molecule has 1 heterocycles. The average Bonchev–Trinajstić information content (AvgIpc) is 2.90. The Kier molecular flexibility index (Phi) is 6.63. The van der Waals surface area contributed by atoms with Crippen molar-refractivity contribution in [2.24, 2.45) is 10.9 Å². The minimum absolute atomic E-state index is 0.00686. The molecule has 0 unspecified atom stereocenters. The van der Waals surface area contributed by atoms with E-state index in [-0.39, 0.29) is 5.91 Å². The van der Waals surface area contributed by atoms with Gasteiger partial charge in [-0.25, -0.2) is 4.99 Å². The van der Waals surface area contributed by atoms with E-state index >= 15 is 0 Å². The lowest BCUT2D eigenvalue weighted by molar-refractivity contribution is -0.122. The summed E-state index contributed by atoms with van der Waals surface area (Å²) in [5.41, 5.74) is 3.06. The van der Waals surface area contributed by atoms with E-state index in [2.05, 4.69) is 52.0 Å². The summed E-state index contributed by atoms with van der Waals surface area (Å²) in [5.74, 6) is 0.841. The second-order valence-electron chi connectivity index (χ2n) is 7.62. The summed E-state index contributed by atoms with van der Waals surface area (Å²) in [4.78, 5) is 20.2. The zero-order valence-electron chi connectivity index (χ0n) is 16.6. The van der Waals surface area contributed by atoms with Crippen LogP contribution < -0.4 is 0 Å². The van der Waals surface area contributed by atoms with Gasteiger partial charge in [-0.2, -0.15) is 0 Å². The summed E-state index contributed by atoms with van der Waals surface area (Å²) in [5, 5.41) is 1.33. The van der Waals surface area contributed by atoms with Crippen LogP contribution in [-0.2, 0) is 4.79 Å². The summed E-state index contributed by atoms with van der Waals surface area (Å²) in [6, 6.07) is 15.7. The number of carbonyl (C=O) groups excluding carboxylic acids is 1. The van der Waals surface area contributed by atoms with Crippen molar-refractivity contribution in [1.82, 2.24) is 4.90 Å². The van der Waals surface area contributed by atoms with Gasteiger partial charge in [-0.1, -0.05) is 69.6 Å². The van der Waals surface area contributed by atoms with Crippen LogP contribution in [0.1, 0.15) is 44.7 Å². The Morgan fingerprint density at radius 3 is 2.43 bits per heavy atom. The van der Waals surface area contributed by atoms with Crippen molar-refractivity contribution < 1.29 is 4.79 Å². The number of carbonyl (C=O) groups is 1. The Balaban J connectivity index is 1.92. The molecule has 1 amide bonds. The first kappa shape index (κ1) is 20.7. The van der Waals surface area contributed by atoms with Crippen LogP contribution in [0.5, 0.6) is 0 Å². The monoisotopic (exact) mass is 412 g/mol. The van der Waals surface area contributed by atoms with Crippen molar-refractivity contribution in [2.45, 2.75) is 33.6 Å². The highest BCUT2D eigenvalue weighted by Crippen LogP contribution is 2.35. The molecule has 3 rings (SSSR count). The van der Waals surface area contributed by atoms with Crippen LogP contribution in [0.25, 0.3) is 6.08 Å². The van der Waals surface area contributed by atoms with Crippen molar-refractivity contribution in [1.29, 1.82) is 0 Å². The number of thioether (sulfide) groups is 1. The molecule has 0 aliphatic carbocycles. The highest BCUT2D eigenvalue weighted by atomic mass is 35.5. The van der Waals surface area contributed by atoms with Gasteiger partial charge in [0, 0.05) is 11.6 Å². The molecule has 1 aliphatic heterocycles. The molecule has 146 valence electrons. The van der Waals surface area contributed by atoms with E-state index in [1.54, 1.807) is 11.0 Å². The van der Waals surface area contributed by atoms with E-state index < -0.39 is 0 Å². The van der Waals surface area contributed by atoms with Crippen molar-refractivity contribution in [3.8, 4) is 0 Å². The van der Waals surface area contributed by atoms with Gasteiger partial charge in [0.1, 0.15) is 0 Å². The lowest BCUT2D eigenvalue weighted by Gasteiger charge is -2.17. The highest BCUT2D eigenvalue weighted by Gasteiger charge is 2.33. The molecular weight excluding hydrogens is 388 g/mol. The van der Waals surface area contributed by atoms with Crippen LogP contribution in [0, 0.1) is 5.92 Å². The third-order valence-corrected chi connectivity index (χ3v) is 5.61. The van der Waals surface area contributed by atoms with Crippen molar-refractivity contribution in [3.63, 3.8) is 0 Å².